The first-order valence-corrected chi connectivity index (χ1v) is 8.05. The molecule has 0 aliphatic carbocycles. The molecular weight excluding hydrogens is 276 g/mol. The van der Waals surface area contributed by atoms with Gasteiger partial charge in [-0.15, -0.1) is 5.11 Å². The minimum atomic E-state index is -3.41. The Morgan fingerprint density at radius 1 is 1.20 bits per heavy atom. The summed E-state index contributed by atoms with van der Waals surface area (Å²) in [5.74, 6) is 0. The fourth-order valence-electron chi connectivity index (χ4n) is 2.14. The summed E-state index contributed by atoms with van der Waals surface area (Å²) in [7, 11) is 0.115. The van der Waals surface area contributed by atoms with Crippen LogP contribution in [0.25, 0.3) is 0 Å². The second-order valence-corrected chi connectivity index (χ2v) is 7.00. The number of nitrogens with zero attached hydrogens (tertiary/aromatic N) is 4. The van der Waals surface area contributed by atoms with Gasteiger partial charge in [-0.05, 0) is 37.5 Å². The molecule has 1 aliphatic heterocycles. The summed E-state index contributed by atoms with van der Waals surface area (Å²) in [4.78, 5) is 0.328. The highest BCUT2D eigenvalue weighted by Crippen LogP contribution is 2.27. The molecule has 1 aromatic rings. The molecule has 110 valence electrons. The van der Waals surface area contributed by atoms with Crippen LogP contribution in [0.5, 0.6) is 0 Å². The second-order valence-electron chi connectivity index (χ2n) is 5.10. The van der Waals surface area contributed by atoms with Gasteiger partial charge in [0.25, 0.3) is 0 Å². The van der Waals surface area contributed by atoms with E-state index in [-0.39, 0.29) is 0 Å². The number of hydrogen-bond donors (Lipinski definition) is 0. The van der Waals surface area contributed by atoms with Gasteiger partial charge >= 0.3 is 0 Å². The number of aryl methyl sites for hydroxylation is 1. The standard InChI is InChI=1S/C13H20N4O2S/c1-11-6-7-12(14-15-16(2)3)10-13(11)20(18,19)17-8-4-5-9-17/h6-7,10H,4-5,8-9H2,1-3H3. The predicted molar refractivity (Wildman–Crippen MR) is 77.4 cm³/mol. The number of rotatable bonds is 4. The molecule has 0 unspecified atom stereocenters. The van der Waals surface area contributed by atoms with Crippen molar-refractivity contribution in [2.45, 2.75) is 24.7 Å². The normalized spacial score (nSPS) is 16.9. The molecule has 1 heterocycles. The van der Waals surface area contributed by atoms with Crippen LogP contribution >= 0.6 is 0 Å². The van der Waals surface area contributed by atoms with E-state index in [0.717, 1.165) is 18.4 Å². The van der Waals surface area contributed by atoms with Gasteiger partial charge in [0.2, 0.25) is 10.0 Å². The Morgan fingerprint density at radius 3 is 2.45 bits per heavy atom. The van der Waals surface area contributed by atoms with Gasteiger partial charge in [0, 0.05) is 27.2 Å². The summed E-state index contributed by atoms with van der Waals surface area (Å²) in [6.45, 7) is 3.01. The number of sulfonamides is 1. The molecule has 1 aromatic carbocycles. The molecule has 0 radical (unpaired) electrons. The third-order valence-electron chi connectivity index (χ3n) is 3.19. The third-order valence-corrected chi connectivity index (χ3v) is 5.23. The SMILES string of the molecule is Cc1ccc(N=NN(C)C)cc1S(=O)(=O)N1CCCC1. The van der Waals surface area contributed by atoms with Gasteiger partial charge in [-0.2, -0.15) is 4.31 Å². The van der Waals surface area contributed by atoms with Crippen LogP contribution in [0.3, 0.4) is 0 Å². The van der Waals surface area contributed by atoms with Gasteiger partial charge in [0.15, 0.2) is 0 Å². The molecule has 6 nitrogen and oxygen atoms in total. The monoisotopic (exact) mass is 296 g/mol. The summed E-state index contributed by atoms with van der Waals surface area (Å²) >= 11 is 0. The molecule has 1 saturated heterocycles. The maximum absolute atomic E-state index is 12.6. The molecule has 0 spiro atoms. The number of benzene rings is 1. The average molecular weight is 296 g/mol. The van der Waals surface area contributed by atoms with E-state index < -0.39 is 10.0 Å². The Hall–Kier alpha value is -1.47. The highest BCUT2D eigenvalue weighted by molar-refractivity contribution is 7.89. The molecular formula is C13H20N4O2S. The zero-order valence-corrected chi connectivity index (χ0v) is 12.9. The average Bonchev–Trinajstić information content (AvgIpc) is 2.92. The van der Waals surface area contributed by atoms with Gasteiger partial charge in [-0.25, -0.2) is 8.42 Å². The molecule has 0 aromatic heterocycles. The fourth-order valence-corrected chi connectivity index (χ4v) is 3.90. The maximum Gasteiger partial charge on any atom is 0.243 e. The van der Waals surface area contributed by atoms with Crippen LogP contribution in [0, 0.1) is 6.92 Å². The zero-order chi connectivity index (χ0) is 14.8. The Bertz CT molecular complexity index is 605. The summed E-state index contributed by atoms with van der Waals surface area (Å²) in [5.41, 5.74) is 1.28. The van der Waals surface area contributed by atoms with Gasteiger partial charge in [0.05, 0.1) is 10.6 Å². The Labute approximate surface area is 120 Å². The largest absolute Gasteiger partial charge is 0.285 e. The molecule has 2 rings (SSSR count). The van der Waals surface area contributed by atoms with E-state index in [1.54, 1.807) is 48.5 Å². The van der Waals surface area contributed by atoms with E-state index >= 15 is 0 Å². The molecule has 0 saturated carbocycles. The predicted octanol–water partition coefficient (Wildman–Crippen LogP) is 2.34. The van der Waals surface area contributed by atoms with Crippen LogP contribution in [0.15, 0.2) is 33.4 Å². The lowest BCUT2D eigenvalue weighted by atomic mass is 10.2. The van der Waals surface area contributed by atoms with Gasteiger partial charge in [-0.3, -0.25) is 5.01 Å². The minimum Gasteiger partial charge on any atom is -0.285 e. The molecule has 20 heavy (non-hydrogen) atoms. The third kappa shape index (κ3) is 3.16. The lowest BCUT2D eigenvalue weighted by Gasteiger charge is -2.17. The van der Waals surface area contributed by atoms with Crippen molar-refractivity contribution in [2.75, 3.05) is 27.2 Å². The summed E-state index contributed by atoms with van der Waals surface area (Å²) < 4.78 is 26.7. The highest BCUT2D eigenvalue weighted by atomic mass is 32.2. The molecule has 7 heteroatoms. The van der Waals surface area contributed by atoms with Crippen molar-refractivity contribution in [1.29, 1.82) is 0 Å². The van der Waals surface area contributed by atoms with Gasteiger partial charge in [-0.1, -0.05) is 11.3 Å². The minimum absolute atomic E-state index is 0.328. The highest BCUT2D eigenvalue weighted by Gasteiger charge is 2.28. The van der Waals surface area contributed by atoms with Crippen molar-refractivity contribution < 1.29 is 8.42 Å². The van der Waals surface area contributed by atoms with E-state index in [9.17, 15) is 8.42 Å². The smallest absolute Gasteiger partial charge is 0.243 e. The van der Waals surface area contributed by atoms with Crippen molar-refractivity contribution in [1.82, 2.24) is 9.31 Å². The van der Waals surface area contributed by atoms with E-state index in [4.69, 9.17) is 0 Å². The van der Waals surface area contributed by atoms with Crippen molar-refractivity contribution >= 4 is 15.7 Å². The second kappa shape index (κ2) is 5.88. The van der Waals surface area contributed by atoms with Crippen molar-refractivity contribution in [3.8, 4) is 0 Å². The molecule has 0 bridgehead atoms. The van der Waals surface area contributed by atoms with E-state index in [1.165, 1.54) is 0 Å². The van der Waals surface area contributed by atoms with E-state index in [0.29, 0.717) is 23.7 Å². The van der Waals surface area contributed by atoms with Crippen LogP contribution in [0.2, 0.25) is 0 Å². The first-order chi connectivity index (χ1) is 9.41. The lowest BCUT2D eigenvalue weighted by molar-refractivity contribution is 0.408. The molecule has 1 fully saturated rings. The maximum atomic E-state index is 12.6. The van der Waals surface area contributed by atoms with Crippen molar-refractivity contribution in [2.24, 2.45) is 10.3 Å². The van der Waals surface area contributed by atoms with Crippen molar-refractivity contribution in [3.05, 3.63) is 23.8 Å². The van der Waals surface area contributed by atoms with Gasteiger partial charge in [0.1, 0.15) is 0 Å². The molecule has 0 atom stereocenters. The summed E-state index contributed by atoms with van der Waals surface area (Å²) in [5, 5.41) is 9.47. The molecule has 0 amide bonds. The van der Waals surface area contributed by atoms with Gasteiger partial charge < -0.3 is 0 Å². The van der Waals surface area contributed by atoms with Crippen LogP contribution in [0.4, 0.5) is 5.69 Å². The fraction of sp³-hybridized carbons (Fsp3) is 0.538. The van der Waals surface area contributed by atoms with E-state index in [2.05, 4.69) is 10.3 Å². The van der Waals surface area contributed by atoms with Crippen molar-refractivity contribution in [3.63, 3.8) is 0 Å². The quantitative estimate of drug-likeness (QED) is 0.632. The first kappa shape index (κ1) is 14.9. The zero-order valence-electron chi connectivity index (χ0n) is 12.1. The van der Waals surface area contributed by atoms with Crippen LogP contribution in [0.1, 0.15) is 18.4 Å². The Balaban J connectivity index is 2.37. The summed E-state index contributed by atoms with van der Waals surface area (Å²) in [6, 6.07) is 5.13. The Morgan fingerprint density at radius 2 is 1.85 bits per heavy atom. The Kier molecular flexibility index (Phi) is 4.39. The lowest BCUT2D eigenvalue weighted by Crippen LogP contribution is -2.28. The molecule has 1 aliphatic rings. The molecule has 0 N–H and O–H groups in total. The van der Waals surface area contributed by atoms with Crippen LogP contribution < -0.4 is 0 Å². The first-order valence-electron chi connectivity index (χ1n) is 6.61. The summed E-state index contributed by atoms with van der Waals surface area (Å²) in [6.07, 6.45) is 1.86. The number of hydrogen-bond acceptors (Lipinski definition) is 4. The van der Waals surface area contributed by atoms with E-state index in [1.807, 2.05) is 0 Å². The van der Waals surface area contributed by atoms with Crippen LogP contribution in [-0.4, -0.2) is 44.9 Å². The van der Waals surface area contributed by atoms with Crippen LogP contribution in [-0.2, 0) is 10.0 Å². The topological polar surface area (TPSA) is 65.3 Å².